The Hall–Kier alpha value is -0.760. The molecule has 0 heterocycles. The molecule has 0 spiro atoms. The van der Waals surface area contributed by atoms with Gasteiger partial charge in [-0.1, -0.05) is 51.9 Å². The van der Waals surface area contributed by atoms with E-state index in [4.69, 9.17) is 16.3 Å². The highest BCUT2D eigenvalue weighted by Gasteiger charge is 2.01. The number of unbranched alkanes of at least 4 members (excludes halogenated alkanes) is 7. The van der Waals surface area contributed by atoms with Gasteiger partial charge in [-0.3, -0.25) is 0 Å². The first-order valence-corrected chi connectivity index (χ1v) is 8.28. The van der Waals surface area contributed by atoms with Crippen LogP contribution in [0.3, 0.4) is 0 Å². The predicted molar refractivity (Wildman–Crippen MR) is 84.1 cm³/mol. The highest BCUT2D eigenvalue weighted by atomic mass is 35.5. The smallest absolute Gasteiger partial charge is 0.127 e. The van der Waals surface area contributed by atoms with Gasteiger partial charge in [0, 0.05) is 11.9 Å². The van der Waals surface area contributed by atoms with E-state index in [1.165, 1.54) is 57.1 Å². The molecule has 0 N–H and O–H groups in total. The van der Waals surface area contributed by atoms with E-state index < -0.39 is 0 Å². The van der Waals surface area contributed by atoms with Crippen LogP contribution in [0.4, 0.5) is 4.39 Å². The van der Waals surface area contributed by atoms with E-state index in [0.29, 0.717) is 18.2 Å². The topological polar surface area (TPSA) is 9.23 Å². The van der Waals surface area contributed by atoms with Crippen molar-refractivity contribution < 1.29 is 9.13 Å². The van der Waals surface area contributed by atoms with Gasteiger partial charge >= 0.3 is 0 Å². The molecule has 1 rings (SSSR count). The summed E-state index contributed by atoms with van der Waals surface area (Å²) in [5, 5.41) is 0. The van der Waals surface area contributed by atoms with Gasteiger partial charge in [0.25, 0.3) is 0 Å². The van der Waals surface area contributed by atoms with Gasteiger partial charge in [-0.15, -0.1) is 11.6 Å². The van der Waals surface area contributed by atoms with Crippen LogP contribution in [0, 0.1) is 5.82 Å². The molecule has 20 heavy (non-hydrogen) atoms. The number of hydrogen-bond acceptors (Lipinski definition) is 1. The molecule has 0 bridgehead atoms. The summed E-state index contributed by atoms with van der Waals surface area (Å²) in [6, 6.07) is 4.66. The lowest BCUT2D eigenvalue weighted by atomic mass is 10.1. The van der Waals surface area contributed by atoms with E-state index >= 15 is 0 Å². The van der Waals surface area contributed by atoms with Crippen LogP contribution < -0.4 is 4.74 Å². The third-order valence-electron chi connectivity index (χ3n) is 3.35. The number of benzene rings is 1. The lowest BCUT2D eigenvalue weighted by molar-refractivity contribution is 0.302. The lowest BCUT2D eigenvalue weighted by Crippen LogP contribution is -1.98. The quantitative estimate of drug-likeness (QED) is 0.355. The van der Waals surface area contributed by atoms with Gasteiger partial charge in [0.2, 0.25) is 0 Å². The van der Waals surface area contributed by atoms with Gasteiger partial charge in [0.05, 0.1) is 6.61 Å². The second kappa shape index (κ2) is 11.0. The van der Waals surface area contributed by atoms with E-state index in [9.17, 15) is 4.39 Å². The second-order valence-corrected chi connectivity index (χ2v) is 5.52. The molecule has 0 aromatic heterocycles. The fourth-order valence-corrected chi connectivity index (χ4v) is 2.36. The maximum absolute atomic E-state index is 13.3. The van der Waals surface area contributed by atoms with Crippen LogP contribution >= 0.6 is 11.6 Å². The highest BCUT2D eigenvalue weighted by molar-refractivity contribution is 6.17. The Bertz CT molecular complexity index is 368. The Kier molecular flexibility index (Phi) is 9.48. The molecule has 0 fully saturated rings. The molecule has 0 atom stereocenters. The molecule has 0 saturated heterocycles. The molecule has 1 aromatic carbocycles. The SMILES string of the molecule is CCCCCCCCCCOc1cc(F)cc(CCl)c1. The maximum atomic E-state index is 13.3. The summed E-state index contributed by atoms with van der Waals surface area (Å²) >= 11 is 5.70. The molecular weight excluding hydrogens is 275 g/mol. The normalized spacial score (nSPS) is 10.8. The molecule has 0 amide bonds. The summed E-state index contributed by atoms with van der Waals surface area (Å²) in [5.41, 5.74) is 0.762. The third-order valence-corrected chi connectivity index (χ3v) is 3.66. The molecule has 0 unspecified atom stereocenters. The van der Waals surface area contributed by atoms with Crippen molar-refractivity contribution in [3.8, 4) is 5.75 Å². The first kappa shape index (κ1) is 17.3. The molecule has 1 nitrogen and oxygen atoms in total. The van der Waals surface area contributed by atoms with Crippen molar-refractivity contribution in [2.75, 3.05) is 6.61 Å². The van der Waals surface area contributed by atoms with E-state index in [-0.39, 0.29) is 5.82 Å². The van der Waals surface area contributed by atoms with Gasteiger partial charge in [0.15, 0.2) is 0 Å². The van der Waals surface area contributed by atoms with Crippen molar-refractivity contribution in [2.45, 2.75) is 64.2 Å². The Morgan fingerprint density at radius 1 is 0.950 bits per heavy atom. The molecule has 0 radical (unpaired) electrons. The van der Waals surface area contributed by atoms with Crippen LogP contribution in [-0.4, -0.2) is 6.61 Å². The molecule has 114 valence electrons. The number of halogens is 2. The second-order valence-electron chi connectivity index (χ2n) is 5.25. The van der Waals surface area contributed by atoms with Crippen molar-refractivity contribution >= 4 is 11.6 Å². The summed E-state index contributed by atoms with van der Waals surface area (Å²) in [6.45, 7) is 2.89. The zero-order chi connectivity index (χ0) is 14.6. The fourth-order valence-electron chi connectivity index (χ4n) is 2.21. The minimum atomic E-state index is -0.283. The Balaban J connectivity index is 2.08. The minimum Gasteiger partial charge on any atom is -0.493 e. The summed E-state index contributed by atoms with van der Waals surface area (Å²) in [4.78, 5) is 0. The maximum Gasteiger partial charge on any atom is 0.127 e. The largest absolute Gasteiger partial charge is 0.493 e. The van der Waals surface area contributed by atoms with Gasteiger partial charge in [-0.25, -0.2) is 4.39 Å². The average molecular weight is 301 g/mol. The van der Waals surface area contributed by atoms with Crippen LogP contribution in [0.25, 0.3) is 0 Å². The number of hydrogen-bond donors (Lipinski definition) is 0. The molecule has 3 heteroatoms. The number of alkyl halides is 1. The molecule has 0 aliphatic carbocycles. The Labute approximate surface area is 127 Å². The van der Waals surface area contributed by atoms with Crippen LogP contribution in [0.2, 0.25) is 0 Å². The minimum absolute atomic E-state index is 0.283. The Morgan fingerprint density at radius 2 is 1.60 bits per heavy atom. The van der Waals surface area contributed by atoms with Crippen molar-refractivity contribution in [3.63, 3.8) is 0 Å². The molecule has 0 aliphatic rings. The van der Waals surface area contributed by atoms with E-state index in [1.807, 2.05) is 0 Å². The molecular formula is C17H26ClFO. The summed E-state index contributed by atoms with van der Waals surface area (Å²) < 4.78 is 18.8. The number of ether oxygens (including phenoxy) is 1. The van der Waals surface area contributed by atoms with Crippen LogP contribution in [-0.2, 0) is 5.88 Å². The van der Waals surface area contributed by atoms with Crippen molar-refractivity contribution in [2.24, 2.45) is 0 Å². The Morgan fingerprint density at radius 3 is 2.25 bits per heavy atom. The van der Waals surface area contributed by atoms with E-state index in [2.05, 4.69) is 6.92 Å². The number of rotatable bonds is 11. The fraction of sp³-hybridized carbons (Fsp3) is 0.647. The van der Waals surface area contributed by atoms with Gasteiger partial charge in [-0.05, 0) is 24.1 Å². The van der Waals surface area contributed by atoms with Gasteiger partial charge in [0.1, 0.15) is 11.6 Å². The zero-order valence-electron chi connectivity index (χ0n) is 12.5. The van der Waals surface area contributed by atoms with Crippen LogP contribution in [0.5, 0.6) is 5.75 Å². The van der Waals surface area contributed by atoms with Crippen molar-refractivity contribution in [1.29, 1.82) is 0 Å². The summed E-state index contributed by atoms with van der Waals surface area (Å²) in [7, 11) is 0. The van der Waals surface area contributed by atoms with Crippen molar-refractivity contribution in [1.82, 2.24) is 0 Å². The van der Waals surface area contributed by atoms with Gasteiger partial charge in [-0.2, -0.15) is 0 Å². The predicted octanol–water partition coefficient (Wildman–Crippen LogP) is 6.08. The first-order valence-electron chi connectivity index (χ1n) is 7.74. The lowest BCUT2D eigenvalue weighted by Gasteiger charge is -2.07. The van der Waals surface area contributed by atoms with Gasteiger partial charge < -0.3 is 4.74 Å². The van der Waals surface area contributed by atoms with E-state index in [1.54, 1.807) is 6.07 Å². The standard InChI is InChI=1S/C17H26ClFO/c1-2-3-4-5-6-7-8-9-10-20-17-12-15(14-18)11-16(19)13-17/h11-13H,2-10,14H2,1H3. The van der Waals surface area contributed by atoms with E-state index in [0.717, 1.165) is 12.0 Å². The highest BCUT2D eigenvalue weighted by Crippen LogP contribution is 2.18. The average Bonchev–Trinajstić information content (AvgIpc) is 2.45. The first-order chi connectivity index (χ1) is 9.76. The summed E-state index contributed by atoms with van der Waals surface area (Å²) in [5.74, 6) is 0.615. The van der Waals surface area contributed by atoms with Crippen LogP contribution in [0.15, 0.2) is 18.2 Å². The molecule has 0 aliphatic heterocycles. The third kappa shape index (κ3) is 7.74. The molecule has 0 saturated carbocycles. The molecule has 1 aromatic rings. The van der Waals surface area contributed by atoms with Crippen LogP contribution in [0.1, 0.15) is 63.9 Å². The van der Waals surface area contributed by atoms with Crippen molar-refractivity contribution in [3.05, 3.63) is 29.6 Å². The zero-order valence-corrected chi connectivity index (χ0v) is 13.2. The summed E-state index contributed by atoms with van der Waals surface area (Å²) in [6.07, 6.45) is 10.1. The monoisotopic (exact) mass is 300 g/mol.